The molecule has 29 heavy (non-hydrogen) atoms. The van der Waals surface area contributed by atoms with E-state index in [4.69, 9.17) is 9.47 Å². The van der Waals surface area contributed by atoms with E-state index in [1.807, 2.05) is 26.0 Å². The van der Waals surface area contributed by atoms with Crippen LogP contribution in [0.15, 0.2) is 53.0 Å². The highest BCUT2D eigenvalue weighted by Crippen LogP contribution is 2.27. The van der Waals surface area contributed by atoms with Crippen molar-refractivity contribution in [2.75, 3.05) is 6.61 Å². The van der Waals surface area contributed by atoms with Gasteiger partial charge in [0.2, 0.25) is 5.88 Å². The molecule has 2 aromatic heterocycles. The van der Waals surface area contributed by atoms with Crippen LogP contribution in [0.5, 0.6) is 11.6 Å². The maximum Gasteiger partial charge on any atom is 0.348 e. The second kappa shape index (κ2) is 8.40. The van der Waals surface area contributed by atoms with Gasteiger partial charge in [0, 0.05) is 6.20 Å². The summed E-state index contributed by atoms with van der Waals surface area (Å²) in [4.78, 5) is 29.5. The number of aromatic nitrogens is 2. The van der Waals surface area contributed by atoms with E-state index in [0.717, 1.165) is 17.2 Å². The van der Waals surface area contributed by atoms with Crippen LogP contribution in [0.1, 0.15) is 23.6 Å². The maximum atomic E-state index is 13.0. The van der Waals surface area contributed by atoms with Gasteiger partial charge in [0.05, 0.1) is 6.61 Å². The van der Waals surface area contributed by atoms with Gasteiger partial charge in [-0.15, -0.1) is 0 Å². The Hall–Kier alpha value is -3.92. The van der Waals surface area contributed by atoms with Gasteiger partial charge in [0.15, 0.2) is 0 Å². The minimum absolute atomic E-state index is 0.00482. The summed E-state index contributed by atoms with van der Waals surface area (Å²) in [5.41, 5.74) is 1.51. The molecule has 146 valence electrons. The fraction of sp³-hybridized carbons (Fsp3) is 0.182. The van der Waals surface area contributed by atoms with Crippen molar-refractivity contribution >= 4 is 17.7 Å². The van der Waals surface area contributed by atoms with E-state index >= 15 is 0 Å². The van der Waals surface area contributed by atoms with Gasteiger partial charge < -0.3 is 9.47 Å². The van der Waals surface area contributed by atoms with Gasteiger partial charge in [-0.05, 0) is 50.6 Å². The van der Waals surface area contributed by atoms with E-state index in [1.165, 1.54) is 4.40 Å². The summed E-state index contributed by atoms with van der Waals surface area (Å²) in [6.45, 7) is 5.59. The standard InChI is InChI=1S/C22H19N3O4/c1-4-28-22(27)16(13-23)12-17-20(29-18-9-8-14(2)11-15(18)3)24-19-7-5-6-10-25(19)21(17)26/h5-12H,4H2,1-3H3/b16-12+. The zero-order valence-electron chi connectivity index (χ0n) is 16.3. The summed E-state index contributed by atoms with van der Waals surface area (Å²) < 4.78 is 12.1. The molecule has 0 aliphatic carbocycles. The van der Waals surface area contributed by atoms with Gasteiger partial charge in [0.1, 0.15) is 28.6 Å². The molecular formula is C22H19N3O4. The molecule has 2 heterocycles. The van der Waals surface area contributed by atoms with E-state index in [-0.39, 0.29) is 23.6 Å². The van der Waals surface area contributed by atoms with Crippen LogP contribution in [0.4, 0.5) is 0 Å². The first-order valence-corrected chi connectivity index (χ1v) is 9.00. The van der Waals surface area contributed by atoms with Crippen molar-refractivity contribution in [1.82, 2.24) is 9.38 Å². The predicted octanol–water partition coefficient (Wildman–Crippen LogP) is 3.57. The van der Waals surface area contributed by atoms with Gasteiger partial charge in [-0.3, -0.25) is 9.20 Å². The van der Waals surface area contributed by atoms with Crippen LogP contribution in [0.25, 0.3) is 11.7 Å². The summed E-state index contributed by atoms with van der Waals surface area (Å²) >= 11 is 0. The van der Waals surface area contributed by atoms with Crippen LogP contribution in [0.3, 0.4) is 0 Å². The SMILES string of the molecule is CCOC(=O)/C(C#N)=C/c1c(Oc2ccc(C)cc2C)nc2ccccn2c1=O. The molecule has 0 aliphatic rings. The number of fused-ring (bicyclic) bond motifs is 1. The smallest absolute Gasteiger partial charge is 0.348 e. The van der Waals surface area contributed by atoms with Crippen LogP contribution < -0.4 is 10.3 Å². The Morgan fingerprint density at radius 1 is 1.28 bits per heavy atom. The molecular weight excluding hydrogens is 370 g/mol. The molecule has 0 radical (unpaired) electrons. The van der Waals surface area contributed by atoms with Gasteiger partial charge in [-0.2, -0.15) is 10.2 Å². The molecule has 7 heteroatoms. The van der Waals surface area contributed by atoms with Crippen molar-refractivity contribution in [3.8, 4) is 17.7 Å². The number of hydrogen-bond acceptors (Lipinski definition) is 6. The Morgan fingerprint density at radius 2 is 2.07 bits per heavy atom. The zero-order chi connectivity index (χ0) is 21.0. The van der Waals surface area contributed by atoms with Gasteiger partial charge >= 0.3 is 5.97 Å². The molecule has 0 unspecified atom stereocenters. The summed E-state index contributed by atoms with van der Waals surface area (Å²) in [6, 6.07) is 12.5. The van der Waals surface area contributed by atoms with E-state index in [0.29, 0.717) is 11.4 Å². The zero-order valence-corrected chi connectivity index (χ0v) is 16.3. The van der Waals surface area contributed by atoms with Crippen molar-refractivity contribution in [3.63, 3.8) is 0 Å². The number of nitriles is 1. The lowest BCUT2D eigenvalue weighted by atomic mass is 10.1. The first-order chi connectivity index (χ1) is 13.9. The summed E-state index contributed by atoms with van der Waals surface area (Å²) in [6.07, 6.45) is 2.71. The molecule has 0 aliphatic heterocycles. The minimum atomic E-state index is -0.815. The lowest BCUT2D eigenvalue weighted by molar-refractivity contribution is -0.137. The molecule has 0 atom stereocenters. The predicted molar refractivity (Wildman–Crippen MR) is 108 cm³/mol. The number of esters is 1. The van der Waals surface area contributed by atoms with Gasteiger partial charge in [-0.1, -0.05) is 23.8 Å². The van der Waals surface area contributed by atoms with E-state index in [2.05, 4.69) is 4.98 Å². The van der Waals surface area contributed by atoms with E-state index in [1.54, 1.807) is 43.5 Å². The maximum absolute atomic E-state index is 13.0. The molecule has 0 spiro atoms. The van der Waals surface area contributed by atoms with Crippen molar-refractivity contribution in [2.45, 2.75) is 20.8 Å². The number of benzene rings is 1. The molecule has 3 aromatic rings. The Labute approximate surface area is 167 Å². The number of hydrogen-bond donors (Lipinski definition) is 0. The van der Waals surface area contributed by atoms with Crippen molar-refractivity contribution in [1.29, 1.82) is 5.26 Å². The van der Waals surface area contributed by atoms with E-state index < -0.39 is 11.5 Å². The lowest BCUT2D eigenvalue weighted by Gasteiger charge is -2.12. The first-order valence-electron chi connectivity index (χ1n) is 9.00. The molecule has 7 nitrogen and oxygen atoms in total. The molecule has 0 bridgehead atoms. The van der Waals surface area contributed by atoms with E-state index in [9.17, 15) is 14.9 Å². The Kier molecular flexibility index (Phi) is 5.74. The highest BCUT2D eigenvalue weighted by Gasteiger charge is 2.18. The quantitative estimate of drug-likeness (QED) is 0.376. The third-order valence-electron chi connectivity index (χ3n) is 4.18. The van der Waals surface area contributed by atoms with Crippen LogP contribution >= 0.6 is 0 Å². The number of rotatable bonds is 5. The summed E-state index contributed by atoms with van der Waals surface area (Å²) in [5, 5.41) is 9.35. The third-order valence-corrected chi connectivity index (χ3v) is 4.18. The summed E-state index contributed by atoms with van der Waals surface area (Å²) in [7, 11) is 0. The fourth-order valence-electron chi connectivity index (χ4n) is 2.79. The monoisotopic (exact) mass is 389 g/mol. The molecule has 0 fully saturated rings. The van der Waals surface area contributed by atoms with Crippen LogP contribution in [-0.4, -0.2) is 22.0 Å². The van der Waals surface area contributed by atoms with Gasteiger partial charge in [0.25, 0.3) is 5.56 Å². The average molecular weight is 389 g/mol. The highest BCUT2D eigenvalue weighted by atomic mass is 16.5. The fourth-order valence-corrected chi connectivity index (χ4v) is 2.79. The van der Waals surface area contributed by atoms with Crippen molar-refractivity contribution in [3.05, 3.63) is 75.2 Å². The molecule has 3 rings (SSSR count). The number of carbonyl (C=O) groups excluding carboxylic acids is 1. The van der Waals surface area contributed by atoms with Crippen molar-refractivity contribution < 1.29 is 14.3 Å². The normalized spacial score (nSPS) is 11.2. The number of carbonyl (C=O) groups is 1. The average Bonchev–Trinajstić information content (AvgIpc) is 2.70. The topological polar surface area (TPSA) is 93.7 Å². The minimum Gasteiger partial charge on any atom is -0.462 e. The molecule has 0 saturated heterocycles. The lowest BCUT2D eigenvalue weighted by Crippen LogP contribution is -2.19. The number of aryl methyl sites for hydroxylation is 2. The first kappa shape index (κ1) is 19.8. The largest absolute Gasteiger partial charge is 0.462 e. The Bertz CT molecular complexity index is 1220. The summed E-state index contributed by atoms with van der Waals surface area (Å²) in [5.74, 6) is -0.290. The van der Waals surface area contributed by atoms with Gasteiger partial charge in [-0.25, -0.2) is 4.79 Å². The second-order valence-electron chi connectivity index (χ2n) is 6.33. The molecule has 0 saturated carbocycles. The third kappa shape index (κ3) is 4.17. The van der Waals surface area contributed by atoms with Crippen LogP contribution in [-0.2, 0) is 9.53 Å². The number of ether oxygens (including phenoxy) is 2. The highest BCUT2D eigenvalue weighted by molar-refractivity contribution is 5.98. The second-order valence-corrected chi connectivity index (χ2v) is 6.33. The Balaban J connectivity index is 2.22. The molecule has 1 aromatic carbocycles. The van der Waals surface area contributed by atoms with Crippen LogP contribution in [0, 0.1) is 25.2 Å². The number of pyridine rings is 1. The Morgan fingerprint density at radius 3 is 2.76 bits per heavy atom. The molecule has 0 amide bonds. The van der Waals surface area contributed by atoms with Crippen LogP contribution in [0.2, 0.25) is 0 Å². The molecule has 0 N–H and O–H groups in total. The number of nitrogens with zero attached hydrogens (tertiary/aromatic N) is 3. The van der Waals surface area contributed by atoms with Crippen molar-refractivity contribution in [2.24, 2.45) is 0 Å².